The highest BCUT2D eigenvalue weighted by atomic mass is 14.9. The molecule has 2 N–H and O–H groups in total. The minimum Gasteiger partial charge on any atom is -0.388 e. The molecule has 0 saturated heterocycles. The van der Waals surface area contributed by atoms with E-state index < -0.39 is 0 Å². The first-order valence-corrected chi connectivity index (χ1v) is 6.64. The largest absolute Gasteiger partial charge is 0.388 e. The molecule has 19 heavy (non-hydrogen) atoms. The normalized spacial score (nSPS) is 11.2. The van der Waals surface area contributed by atoms with Crippen molar-refractivity contribution >= 4 is 17.1 Å². The molecule has 2 aromatic carbocycles. The fourth-order valence-electron chi connectivity index (χ4n) is 1.97. The zero-order valence-electron chi connectivity index (χ0n) is 12.1. The van der Waals surface area contributed by atoms with E-state index in [9.17, 15) is 0 Å². The van der Waals surface area contributed by atoms with Crippen molar-refractivity contribution in [3.05, 3.63) is 54.1 Å². The van der Waals surface area contributed by atoms with Crippen LogP contribution in [-0.2, 0) is 5.41 Å². The van der Waals surface area contributed by atoms with Gasteiger partial charge in [0.1, 0.15) is 0 Å². The Morgan fingerprint density at radius 1 is 0.789 bits per heavy atom. The zero-order valence-corrected chi connectivity index (χ0v) is 12.1. The topological polar surface area (TPSA) is 24.1 Å². The molecule has 2 heteroatoms. The minimum absolute atomic E-state index is 0.199. The van der Waals surface area contributed by atoms with Crippen LogP contribution in [0.1, 0.15) is 26.3 Å². The lowest BCUT2D eigenvalue weighted by Crippen LogP contribution is -2.10. The molecule has 0 aliphatic heterocycles. The van der Waals surface area contributed by atoms with Crippen LogP contribution in [0.5, 0.6) is 0 Å². The highest BCUT2D eigenvalue weighted by Gasteiger charge is 2.12. The van der Waals surface area contributed by atoms with Crippen molar-refractivity contribution in [2.75, 3.05) is 17.7 Å². The van der Waals surface area contributed by atoms with Gasteiger partial charge in [-0.2, -0.15) is 0 Å². The van der Waals surface area contributed by atoms with E-state index in [1.807, 2.05) is 19.2 Å². The molecule has 0 amide bonds. The van der Waals surface area contributed by atoms with Crippen LogP contribution >= 0.6 is 0 Å². The summed E-state index contributed by atoms with van der Waals surface area (Å²) < 4.78 is 0. The van der Waals surface area contributed by atoms with Gasteiger partial charge in [-0.25, -0.2) is 0 Å². The number of hydrogen-bond acceptors (Lipinski definition) is 2. The monoisotopic (exact) mass is 254 g/mol. The molecule has 0 aromatic heterocycles. The molecule has 0 fully saturated rings. The number of anilines is 3. The van der Waals surface area contributed by atoms with E-state index in [0.29, 0.717) is 0 Å². The van der Waals surface area contributed by atoms with Crippen molar-refractivity contribution in [3.63, 3.8) is 0 Å². The van der Waals surface area contributed by atoms with Crippen molar-refractivity contribution in [1.29, 1.82) is 0 Å². The second kappa shape index (κ2) is 5.35. The van der Waals surface area contributed by atoms with Gasteiger partial charge in [-0.3, -0.25) is 0 Å². The molecular formula is C17H22N2. The summed E-state index contributed by atoms with van der Waals surface area (Å²) in [5.41, 5.74) is 4.86. The molecule has 2 aromatic rings. The summed E-state index contributed by atoms with van der Waals surface area (Å²) in [5.74, 6) is 0. The molecule has 0 atom stereocenters. The smallest absolute Gasteiger partial charge is 0.0404 e. The SMILES string of the molecule is CNc1cccc(Nc2ccc(C(C)(C)C)cc2)c1. The van der Waals surface area contributed by atoms with E-state index >= 15 is 0 Å². The average Bonchev–Trinajstić information content (AvgIpc) is 2.38. The Bertz CT molecular complexity index is 536. The van der Waals surface area contributed by atoms with E-state index in [1.165, 1.54) is 5.56 Å². The van der Waals surface area contributed by atoms with Crippen molar-refractivity contribution in [1.82, 2.24) is 0 Å². The molecule has 0 bridgehead atoms. The maximum absolute atomic E-state index is 3.42. The third kappa shape index (κ3) is 3.50. The predicted octanol–water partition coefficient (Wildman–Crippen LogP) is 4.77. The van der Waals surface area contributed by atoms with Gasteiger partial charge in [0.25, 0.3) is 0 Å². The number of nitrogens with one attached hydrogen (secondary N) is 2. The second-order valence-electron chi connectivity index (χ2n) is 5.78. The van der Waals surface area contributed by atoms with Gasteiger partial charge in [-0.1, -0.05) is 39.0 Å². The number of rotatable bonds is 3. The third-order valence-corrected chi connectivity index (χ3v) is 3.19. The van der Waals surface area contributed by atoms with Crippen molar-refractivity contribution in [2.45, 2.75) is 26.2 Å². The van der Waals surface area contributed by atoms with Crippen LogP contribution in [0.15, 0.2) is 48.5 Å². The van der Waals surface area contributed by atoms with Crippen LogP contribution in [0.3, 0.4) is 0 Å². The minimum atomic E-state index is 0.199. The fourth-order valence-corrected chi connectivity index (χ4v) is 1.97. The van der Waals surface area contributed by atoms with Crippen LogP contribution < -0.4 is 10.6 Å². The molecule has 0 spiro atoms. The molecule has 0 aliphatic carbocycles. The highest BCUT2D eigenvalue weighted by Crippen LogP contribution is 2.25. The van der Waals surface area contributed by atoms with E-state index in [0.717, 1.165) is 17.1 Å². The lowest BCUT2D eigenvalue weighted by molar-refractivity contribution is 0.590. The van der Waals surface area contributed by atoms with Crippen LogP contribution in [0.4, 0.5) is 17.1 Å². The van der Waals surface area contributed by atoms with Crippen molar-refractivity contribution in [3.8, 4) is 0 Å². The number of hydrogen-bond donors (Lipinski definition) is 2. The van der Waals surface area contributed by atoms with Crippen LogP contribution in [-0.4, -0.2) is 7.05 Å². The van der Waals surface area contributed by atoms with Crippen LogP contribution in [0, 0.1) is 0 Å². The van der Waals surface area contributed by atoms with Crippen LogP contribution in [0.2, 0.25) is 0 Å². The zero-order chi connectivity index (χ0) is 13.9. The van der Waals surface area contributed by atoms with Gasteiger partial charge < -0.3 is 10.6 Å². The van der Waals surface area contributed by atoms with E-state index in [4.69, 9.17) is 0 Å². The first kappa shape index (κ1) is 13.5. The highest BCUT2D eigenvalue weighted by molar-refractivity contribution is 5.64. The summed E-state index contributed by atoms with van der Waals surface area (Å²) in [7, 11) is 1.93. The first-order valence-electron chi connectivity index (χ1n) is 6.64. The molecule has 0 radical (unpaired) electrons. The first-order chi connectivity index (χ1) is 8.99. The third-order valence-electron chi connectivity index (χ3n) is 3.19. The summed E-state index contributed by atoms with van der Waals surface area (Å²) in [6, 6.07) is 16.9. The Kier molecular flexibility index (Phi) is 3.79. The summed E-state index contributed by atoms with van der Waals surface area (Å²) in [6.45, 7) is 6.68. The molecule has 100 valence electrons. The Balaban J connectivity index is 2.15. The summed E-state index contributed by atoms with van der Waals surface area (Å²) in [5, 5.41) is 6.56. The van der Waals surface area contributed by atoms with Crippen molar-refractivity contribution < 1.29 is 0 Å². The Hall–Kier alpha value is -1.96. The van der Waals surface area contributed by atoms with Crippen molar-refractivity contribution in [2.24, 2.45) is 0 Å². The van der Waals surface area contributed by atoms with E-state index in [-0.39, 0.29) is 5.41 Å². The Morgan fingerprint density at radius 2 is 1.42 bits per heavy atom. The summed E-state index contributed by atoms with van der Waals surface area (Å²) in [4.78, 5) is 0. The second-order valence-corrected chi connectivity index (χ2v) is 5.78. The maximum atomic E-state index is 3.42. The van der Waals surface area contributed by atoms with E-state index in [2.05, 4.69) is 67.8 Å². The Morgan fingerprint density at radius 3 is 2.00 bits per heavy atom. The lowest BCUT2D eigenvalue weighted by atomic mass is 9.87. The fraction of sp³-hybridized carbons (Fsp3) is 0.294. The average molecular weight is 254 g/mol. The maximum Gasteiger partial charge on any atom is 0.0404 e. The van der Waals surface area contributed by atoms with Gasteiger partial charge in [0, 0.05) is 24.1 Å². The molecule has 0 aliphatic rings. The van der Waals surface area contributed by atoms with Gasteiger partial charge in [0.05, 0.1) is 0 Å². The predicted molar refractivity (Wildman–Crippen MR) is 84.4 cm³/mol. The molecular weight excluding hydrogens is 232 g/mol. The van der Waals surface area contributed by atoms with E-state index in [1.54, 1.807) is 0 Å². The summed E-state index contributed by atoms with van der Waals surface area (Å²) >= 11 is 0. The quantitative estimate of drug-likeness (QED) is 0.824. The molecule has 0 heterocycles. The molecule has 2 nitrogen and oxygen atoms in total. The van der Waals surface area contributed by atoms with Crippen LogP contribution in [0.25, 0.3) is 0 Å². The van der Waals surface area contributed by atoms with Gasteiger partial charge in [0.15, 0.2) is 0 Å². The standard InChI is InChI=1S/C17H22N2/c1-17(2,3)13-8-10-14(11-9-13)19-16-7-5-6-15(12-16)18-4/h5-12,18-19H,1-4H3. The van der Waals surface area contributed by atoms with Gasteiger partial charge in [-0.15, -0.1) is 0 Å². The number of benzene rings is 2. The molecule has 2 rings (SSSR count). The van der Waals surface area contributed by atoms with Gasteiger partial charge in [-0.05, 0) is 41.3 Å². The molecule has 0 saturated carbocycles. The summed E-state index contributed by atoms with van der Waals surface area (Å²) in [6.07, 6.45) is 0. The Labute approximate surface area is 115 Å². The van der Waals surface area contributed by atoms with Gasteiger partial charge >= 0.3 is 0 Å². The lowest BCUT2D eigenvalue weighted by Gasteiger charge is -2.19. The molecule has 0 unspecified atom stereocenters. The van der Waals surface area contributed by atoms with Gasteiger partial charge in [0.2, 0.25) is 0 Å².